The number of ether oxygens (including phenoxy) is 2. The average Bonchev–Trinajstić information content (AvgIpc) is 3.15. The maximum Gasteiger partial charge on any atom is 0.306 e. The summed E-state index contributed by atoms with van der Waals surface area (Å²) in [4.78, 5) is 42.0. The summed E-state index contributed by atoms with van der Waals surface area (Å²) in [7, 11) is 1.09. The normalized spacial score (nSPS) is 14.6. The van der Waals surface area contributed by atoms with Gasteiger partial charge in [0.25, 0.3) is 7.82 Å². The minimum Gasteiger partial charge on any atom is -0.756 e. The Morgan fingerprint density at radius 2 is 1.23 bits per heavy atom. The summed E-state index contributed by atoms with van der Waals surface area (Å²) in [5.41, 5.74) is 0. The van der Waals surface area contributed by atoms with Gasteiger partial charge in [0, 0.05) is 12.8 Å². The predicted molar refractivity (Wildman–Crippen MR) is 225 cm³/mol. The Kier molecular flexibility index (Phi) is 35.8. The molecule has 0 saturated heterocycles. The first kappa shape index (κ1) is 53.9. The zero-order chi connectivity index (χ0) is 41.6. The van der Waals surface area contributed by atoms with Crippen molar-refractivity contribution in [2.24, 2.45) is 0 Å². The number of quaternary nitrogens is 1. The SMILES string of the molecule is CCCCCCCCCCCCCCCC(=O)OC[C@H](COP(=O)([O-])OCC[N+](C)(C)C)OC(=O)CCC/C=C\C/C=C\C/C=C\C=C\[C@H](CCCCC)OO. The Labute approximate surface area is 341 Å². The van der Waals surface area contributed by atoms with Crippen LogP contribution in [0.25, 0.3) is 0 Å². The van der Waals surface area contributed by atoms with Crippen molar-refractivity contribution in [3.05, 3.63) is 48.6 Å². The van der Waals surface area contributed by atoms with Crippen molar-refractivity contribution in [2.45, 2.75) is 174 Å². The number of hydrogen-bond acceptors (Lipinski definition) is 10. The van der Waals surface area contributed by atoms with Gasteiger partial charge in [-0.1, -0.05) is 159 Å². The van der Waals surface area contributed by atoms with E-state index in [0.29, 0.717) is 30.3 Å². The highest BCUT2D eigenvalue weighted by molar-refractivity contribution is 7.45. The van der Waals surface area contributed by atoms with Gasteiger partial charge in [-0.2, -0.15) is 0 Å². The molecule has 11 nitrogen and oxygen atoms in total. The number of carbonyl (C=O) groups excluding carboxylic acids is 2. The topological polar surface area (TPSA) is 141 Å². The molecule has 0 aliphatic heterocycles. The van der Waals surface area contributed by atoms with Crippen LogP contribution in [-0.2, 0) is 37.6 Å². The molecule has 1 unspecified atom stereocenters. The Morgan fingerprint density at radius 3 is 1.84 bits per heavy atom. The molecule has 0 aromatic rings. The summed E-state index contributed by atoms with van der Waals surface area (Å²) in [5.74, 6) is -0.935. The molecular formula is C44H80NO10P. The molecule has 0 heterocycles. The van der Waals surface area contributed by atoms with E-state index in [4.69, 9.17) is 23.8 Å². The largest absolute Gasteiger partial charge is 0.756 e. The second kappa shape index (κ2) is 37.2. The lowest BCUT2D eigenvalue weighted by Crippen LogP contribution is -2.37. The van der Waals surface area contributed by atoms with Crippen LogP contribution in [0.3, 0.4) is 0 Å². The summed E-state index contributed by atoms with van der Waals surface area (Å²) < 4.78 is 33.8. The number of unbranched alkanes of at least 4 members (excludes halogenated alkanes) is 15. The average molecular weight is 814 g/mol. The highest BCUT2D eigenvalue weighted by atomic mass is 31.2. The van der Waals surface area contributed by atoms with Gasteiger partial charge in [0.2, 0.25) is 0 Å². The Balaban J connectivity index is 4.55. The number of rotatable bonds is 39. The molecule has 3 atom stereocenters. The summed E-state index contributed by atoms with van der Waals surface area (Å²) >= 11 is 0. The zero-order valence-electron chi connectivity index (χ0n) is 35.9. The molecule has 0 radical (unpaired) electrons. The van der Waals surface area contributed by atoms with E-state index in [9.17, 15) is 19.0 Å². The van der Waals surface area contributed by atoms with Crippen LogP contribution in [0.1, 0.15) is 162 Å². The molecule has 0 aromatic heterocycles. The quantitative estimate of drug-likeness (QED) is 0.00932. The third-order valence-corrected chi connectivity index (χ3v) is 10.0. The lowest BCUT2D eigenvalue weighted by Gasteiger charge is -2.28. The molecule has 56 heavy (non-hydrogen) atoms. The second-order valence-corrected chi connectivity index (χ2v) is 17.0. The van der Waals surface area contributed by atoms with Crippen molar-refractivity contribution >= 4 is 19.8 Å². The molecule has 0 amide bonds. The fraction of sp³-hybridized carbons (Fsp3) is 0.773. The van der Waals surface area contributed by atoms with Crippen molar-refractivity contribution in [1.29, 1.82) is 0 Å². The van der Waals surface area contributed by atoms with Crippen LogP contribution in [0.5, 0.6) is 0 Å². The molecule has 12 heteroatoms. The number of hydrogen-bond donors (Lipinski definition) is 1. The van der Waals surface area contributed by atoms with Gasteiger partial charge < -0.3 is 27.9 Å². The number of nitrogens with zero attached hydrogens (tertiary/aromatic N) is 1. The van der Waals surface area contributed by atoms with Gasteiger partial charge >= 0.3 is 11.9 Å². The van der Waals surface area contributed by atoms with Crippen molar-refractivity contribution in [1.82, 2.24) is 0 Å². The molecule has 1 N–H and O–H groups in total. The summed E-state index contributed by atoms with van der Waals surface area (Å²) in [6.45, 7) is 3.98. The van der Waals surface area contributed by atoms with Crippen LogP contribution in [0, 0.1) is 0 Å². The third-order valence-electron chi connectivity index (χ3n) is 9.07. The molecule has 0 rings (SSSR count). The van der Waals surface area contributed by atoms with Crippen LogP contribution in [0.15, 0.2) is 48.6 Å². The summed E-state index contributed by atoms with van der Waals surface area (Å²) in [6.07, 6.45) is 37.4. The van der Waals surface area contributed by atoms with Crippen molar-refractivity contribution in [3.8, 4) is 0 Å². The molecule has 326 valence electrons. The van der Waals surface area contributed by atoms with Crippen LogP contribution >= 0.6 is 7.82 Å². The molecule has 0 bridgehead atoms. The minimum absolute atomic E-state index is 0.0528. The molecule has 0 fully saturated rings. The van der Waals surface area contributed by atoms with E-state index in [1.165, 1.54) is 64.2 Å². The van der Waals surface area contributed by atoms with E-state index in [-0.39, 0.29) is 32.2 Å². The highest BCUT2D eigenvalue weighted by Crippen LogP contribution is 2.38. The van der Waals surface area contributed by atoms with Crippen molar-refractivity contribution < 1.29 is 52.2 Å². The van der Waals surface area contributed by atoms with Crippen molar-refractivity contribution in [3.63, 3.8) is 0 Å². The maximum atomic E-state index is 12.6. The van der Waals surface area contributed by atoms with Crippen LogP contribution in [-0.4, -0.2) is 81.4 Å². The number of phosphoric ester groups is 1. The third kappa shape index (κ3) is 38.7. The molecule has 0 spiro atoms. The van der Waals surface area contributed by atoms with Gasteiger partial charge in [-0.05, 0) is 38.5 Å². The highest BCUT2D eigenvalue weighted by Gasteiger charge is 2.21. The van der Waals surface area contributed by atoms with Crippen LogP contribution < -0.4 is 4.89 Å². The number of esters is 2. The van der Waals surface area contributed by atoms with E-state index < -0.39 is 32.5 Å². The fourth-order valence-corrected chi connectivity index (χ4v) is 6.33. The van der Waals surface area contributed by atoms with E-state index in [0.717, 1.165) is 51.4 Å². The smallest absolute Gasteiger partial charge is 0.306 e. The molecule has 0 aromatic carbocycles. The number of carbonyl (C=O) groups is 2. The lowest BCUT2D eigenvalue weighted by molar-refractivity contribution is -0.870. The van der Waals surface area contributed by atoms with E-state index in [2.05, 4.69) is 30.9 Å². The second-order valence-electron chi connectivity index (χ2n) is 15.6. The Bertz CT molecular complexity index is 1120. The van der Waals surface area contributed by atoms with Crippen LogP contribution in [0.2, 0.25) is 0 Å². The molecule has 0 aliphatic rings. The standard InChI is InChI=1S/C44H80NO10P/c1-6-8-10-11-12-13-14-15-18-21-24-27-31-35-43(46)51-39-42(40-53-56(49,50)52-38-37-45(3,4)5)54-44(47)36-32-28-25-22-19-16-17-20-23-26-30-34-41(55-48)33-29-9-7-2/h16-17,22-23,25-26,30,34,41-42H,6-15,18-21,24,27-29,31-33,35-40H2,1-5H3,(H-,48,49,50)/b17-16-,25-22-,26-23-,34-30+/t41-,42+/m0/s1. The lowest BCUT2D eigenvalue weighted by atomic mass is 10.0. The molecule has 0 saturated carbocycles. The summed E-state index contributed by atoms with van der Waals surface area (Å²) in [6, 6.07) is 0. The van der Waals surface area contributed by atoms with Gasteiger partial charge in [0.05, 0.1) is 27.7 Å². The van der Waals surface area contributed by atoms with Gasteiger partial charge in [-0.15, -0.1) is 0 Å². The zero-order valence-corrected chi connectivity index (χ0v) is 36.8. The van der Waals surface area contributed by atoms with Gasteiger partial charge in [-0.3, -0.25) is 19.4 Å². The maximum absolute atomic E-state index is 12.6. The fourth-order valence-electron chi connectivity index (χ4n) is 5.60. The van der Waals surface area contributed by atoms with Gasteiger partial charge in [0.1, 0.15) is 25.9 Å². The Morgan fingerprint density at radius 1 is 0.679 bits per heavy atom. The monoisotopic (exact) mass is 814 g/mol. The number of phosphoric acid groups is 1. The van der Waals surface area contributed by atoms with E-state index >= 15 is 0 Å². The first-order chi connectivity index (χ1) is 26.9. The first-order valence-electron chi connectivity index (χ1n) is 21.6. The van der Waals surface area contributed by atoms with Crippen molar-refractivity contribution in [2.75, 3.05) is 47.5 Å². The Hall–Kier alpha value is -2.11. The minimum atomic E-state index is -4.65. The van der Waals surface area contributed by atoms with Crippen LogP contribution in [0.4, 0.5) is 0 Å². The van der Waals surface area contributed by atoms with Gasteiger partial charge in [-0.25, -0.2) is 4.89 Å². The number of allylic oxidation sites excluding steroid dienone is 7. The van der Waals surface area contributed by atoms with Gasteiger partial charge in [0.15, 0.2) is 6.10 Å². The predicted octanol–water partition coefficient (Wildman–Crippen LogP) is 10.7. The molecule has 0 aliphatic carbocycles. The first-order valence-corrected chi connectivity index (χ1v) is 23.1. The van der Waals surface area contributed by atoms with E-state index in [1.54, 1.807) is 0 Å². The van der Waals surface area contributed by atoms with E-state index in [1.807, 2.05) is 57.6 Å². The summed E-state index contributed by atoms with van der Waals surface area (Å²) in [5, 5.41) is 9.00. The molecular weight excluding hydrogens is 733 g/mol. The number of likely N-dealkylation sites (N-methyl/N-ethyl adjacent to an activating group) is 1.